The van der Waals surface area contributed by atoms with E-state index in [4.69, 9.17) is 15.2 Å². The second-order valence-electron chi connectivity index (χ2n) is 3.85. The summed E-state index contributed by atoms with van der Waals surface area (Å²) in [5, 5.41) is 11.7. The third-order valence-electron chi connectivity index (χ3n) is 2.69. The molecular weight excluding hydrogens is 246 g/mol. The van der Waals surface area contributed by atoms with Gasteiger partial charge >= 0.3 is 0 Å². The molecule has 102 valence electrons. The summed E-state index contributed by atoms with van der Waals surface area (Å²) in [5.74, 6) is 1.22. The predicted molar refractivity (Wildman–Crippen MR) is 70.7 cm³/mol. The van der Waals surface area contributed by atoms with Crippen molar-refractivity contribution in [1.29, 1.82) is 0 Å². The lowest BCUT2D eigenvalue weighted by Crippen LogP contribution is -2.10. The van der Waals surface area contributed by atoms with Crippen LogP contribution >= 0.6 is 0 Å². The van der Waals surface area contributed by atoms with Crippen LogP contribution in [-0.2, 0) is 11.3 Å². The van der Waals surface area contributed by atoms with E-state index in [1.165, 1.54) is 0 Å². The van der Waals surface area contributed by atoms with Gasteiger partial charge in [-0.05, 0) is 29.5 Å². The van der Waals surface area contributed by atoms with Crippen molar-refractivity contribution in [2.75, 3.05) is 26.1 Å². The summed E-state index contributed by atoms with van der Waals surface area (Å²) in [6.07, 6.45) is 0. The van der Waals surface area contributed by atoms with E-state index in [0.717, 1.165) is 0 Å². The van der Waals surface area contributed by atoms with E-state index in [1.807, 2.05) is 19.1 Å². The number of benzene rings is 1. The minimum atomic E-state index is 0.545. The maximum absolute atomic E-state index is 5.99. The molecule has 2 aromatic rings. The summed E-state index contributed by atoms with van der Waals surface area (Å²) in [7, 11) is 1.59. The van der Waals surface area contributed by atoms with E-state index in [-0.39, 0.29) is 0 Å². The lowest BCUT2D eigenvalue weighted by molar-refractivity contribution is 0.136. The number of aromatic nitrogens is 4. The molecule has 0 aliphatic carbocycles. The molecule has 0 amide bonds. The number of anilines is 1. The highest BCUT2D eigenvalue weighted by molar-refractivity contribution is 5.77. The average Bonchev–Trinajstić information content (AvgIpc) is 2.87. The first-order valence-corrected chi connectivity index (χ1v) is 6.04. The van der Waals surface area contributed by atoms with Crippen LogP contribution in [0, 0.1) is 0 Å². The Morgan fingerprint density at radius 3 is 2.95 bits per heavy atom. The molecule has 0 fully saturated rings. The zero-order valence-corrected chi connectivity index (χ0v) is 11.0. The molecule has 7 heteroatoms. The van der Waals surface area contributed by atoms with Crippen LogP contribution in [0.2, 0.25) is 0 Å². The van der Waals surface area contributed by atoms with Gasteiger partial charge in [-0.1, -0.05) is 6.07 Å². The highest BCUT2D eigenvalue weighted by atomic mass is 16.5. The van der Waals surface area contributed by atoms with Gasteiger partial charge in [0, 0.05) is 12.3 Å². The normalized spacial score (nSPS) is 10.6. The molecule has 1 heterocycles. The van der Waals surface area contributed by atoms with Crippen LogP contribution in [-0.4, -0.2) is 40.5 Å². The highest BCUT2D eigenvalue weighted by Gasteiger charge is 2.16. The maximum atomic E-state index is 5.99. The van der Waals surface area contributed by atoms with E-state index in [2.05, 4.69) is 15.5 Å². The Hall–Kier alpha value is -2.15. The number of ether oxygens (including phenoxy) is 2. The lowest BCUT2D eigenvalue weighted by atomic mass is 10.1. The van der Waals surface area contributed by atoms with Crippen LogP contribution in [0.15, 0.2) is 18.2 Å². The number of tetrazole rings is 1. The van der Waals surface area contributed by atoms with Gasteiger partial charge in [-0.2, -0.15) is 0 Å². The first-order chi connectivity index (χ1) is 9.27. The SMILES string of the molecule is CCOCCn1nnnc1-c1c(N)cccc1OC. The third-order valence-corrected chi connectivity index (χ3v) is 2.69. The number of nitrogen functional groups attached to an aromatic ring is 1. The molecular formula is C12H17N5O2. The molecule has 0 saturated heterocycles. The van der Waals surface area contributed by atoms with Crippen LogP contribution in [0.4, 0.5) is 5.69 Å². The van der Waals surface area contributed by atoms with Crippen LogP contribution in [0.1, 0.15) is 6.92 Å². The standard InChI is InChI=1S/C12H17N5O2/c1-3-19-8-7-17-12(14-15-16-17)11-9(13)5-4-6-10(11)18-2/h4-6H,3,7-8,13H2,1-2H3. The van der Waals surface area contributed by atoms with Crippen LogP contribution in [0.3, 0.4) is 0 Å². The Morgan fingerprint density at radius 1 is 1.37 bits per heavy atom. The molecule has 1 aromatic heterocycles. The van der Waals surface area contributed by atoms with Crippen molar-refractivity contribution in [3.63, 3.8) is 0 Å². The van der Waals surface area contributed by atoms with Crippen molar-refractivity contribution >= 4 is 5.69 Å². The van der Waals surface area contributed by atoms with E-state index in [9.17, 15) is 0 Å². The van der Waals surface area contributed by atoms with Gasteiger partial charge in [-0.15, -0.1) is 5.10 Å². The molecule has 0 aliphatic rings. The minimum absolute atomic E-state index is 0.545. The van der Waals surface area contributed by atoms with Crippen molar-refractivity contribution in [3.8, 4) is 17.1 Å². The molecule has 0 unspecified atom stereocenters. The topological polar surface area (TPSA) is 88.1 Å². The molecule has 2 rings (SSSR count). The Morgan fingerprint density at radius 2 is 2.21 bits per heavy atom. The summed E-state index contributed by atoms with van der Waals surface area (Å²) in [6.45, 7) is 3.71. The van der Waals surface area contributed by atoms with Crippen molar-refractivity contribution in [1.82, 2.24) is 20.2 Å². The van der Waals surface area contributed by atoms with Crippen LogP contribution in [0.25, 0.3) is 11.4 Å². The van der Waals surface area contributed by atoms with Crippen molar-refractivity contribution in [3.05, 3.63) is 18.2 Å². The van der Waals surface area contributed by atoms with Crippen LogP contribution in [0.5, 0.6) is 5.75 Å². The Balaban J connectivity index is 2.34. The van der Waals surface area contributed by atoms with Gasteiger partial charge < -0.3 is 15.2 Å². The van der Waals surface area contributed by atoms with Gasteiger partial charge in [0.05, 0.1) is 25.8 Å². The molecule has 0 radical (unpaired) electrons. The fraction of sp³-hybridized carbons (Fsp3) is 0.417. The van der Waals surface area contributed by atoms with E-state index >= 15 is 0 Å². The first kappa shape index (κ1) is 13.3. The molecule has 0 spiro atoms. The largest absolute Gasteiger partial charge is 0.496 e. The average molecular weight is 263 g/mol. The molecule has 2 N–H and O–H groups in total. The second-order valence-corrected chi connectivity index (χ2v) is 3.85. The second kappa shape index (κ2) is 6.14. The molecule has 7 nitrogen and oxygen atoms in total. The highest BCUT2D eigenvalue weighted by Crippen LogP contribution is 2.33. The predicted octanol–water partition coefficient (Wildman–Crippen LogP) is 0.967. The number of hydrogen-bond donors (Lipinski definition) is 1. The van der Waals surface area contributed by atoms with Gasteiger partial charge in [-0.3, -0.25) is 0 Å². The number of rotatable bonds is 6. The van der Waals surface area contributed by atoms with E-state index < -0.39 is 0 Å². The minimum Gasteiger partial charge on any atom is -0.496 e. The smallest absolute Gasteiger partial charge is 0.187 e. The van der Waals surface area contributed by atoms with Gasteiger partial charge in [0.1, 0.15) is 5.75 Å². The van der Waals surface area contributed by atoms with E-state index in [0.29, 0.717) is 42.6 Å². The summed E-state index contributed by atoms with van der Waals surface area (Å²) in [4.78, 5) is 0. The van der Waals surface area contributed by atoms with Crippen LogP contribution < -0.4 is 10.5 Å². The summed E-state index contributed by atoms with van der Waals surface area (Å²) < 4.78 is 12.3. The lowest BCUT2D eigenvalue weighted by Gasteiger charge is -2.11. The number of nitrogens with zero attached hydrogens (tertiary/aromatic N) is 4. The zero-order chi connectivity index (χ0) is 13.7. The van der Waals surface area contributed by atoms with Gasteiger partial charge in [-0.25, -0.2) is 4.68 Å². The number of methoxy groups -OCH3 is 1. The summed E-state index contributed by atoms with van der Waals surface area (Å²) in [5.41, 5.74) is 7.27. The number of nitrogens with two attached hydrogens (primary N) is 1. The molecule has 1 aromatic carbocycles. The maximum Gasteiger partial charge on any atom is 0.187 e. The van der Waals surface area contributed by atoms with E-state index in [1.54, 1.807) is 17.9 Å². The van der Waals surface area contributed by atoms with Crippen molar-refractivity contribution in [2.24, 2.45) is 0 Å². The van der Waals surface area contributed by atoms with Gasteiger partial charge in [0.25, 0.3) is 0 Å². The molecule has 0 aliphatic heterocycles. The fourth-order valence-corrected chi connectivity index (χ4v) is 1.79. The van der Waals surface area contributed by atoms with Gasteiger partial charge in [0.2, 0.25) is 0 Å². The molecule has 19 heavy (non-hydrogen) atoms. The van der Waals surface area contributed by atoms with Crippen molar-refractivity contribution in [2.45, 2.75) is 13.5 Å². The first-order valence-electron chi connectivity index (χ1n) is 6.04. The molecule has 0 bridgehead atoms. The summed E-state index contributed by atoms with van der Waals surface area (Å²) >= 11 is 0. The monoisotopic (exact) mass is 263 g/mol. The van der Waals surface area contributed by atoms with Gasteiger partial charge in [0.15, 0.2) is 5.82 Å². The Kier molecular flexibility index (Phi) is 4.30. The fourth-order valence-electron chi connectivity index (χ4n) is 1.79. The third kappa shape index (κ3) is 2.82. The zero-order valence-electron chi connectivity index (χ0n) is 11.0. The Labute approximate surface area is 111 Å². The quantitative estimate of drug-likeness (QED) is 0.617. The van der Waals surface area contributed by atoms with Crippen molar-refractivity contribution < 1.29 is 9.47 Å². The summed E-state index contributed by atoms with van der Waals surface area (Å²) in [6, 6.07) is 5.44. The Bertz CT molecular complexity index is 541. The number of hydrogen-bond acceptors (Lipinski definition) is 6. The molecule has 0 atom stereocenters. The molecule has 0 saturated carbocycles.